The van der Waals surface area contributed by atoms with E-state index in [0.29, 0.717) is 5.71 Å². The molecule has 3 nitrogen and oxygen atoms in total. The highest BCUT2D eigenvalue weighted by Gasteiger charge is 2.25. The number of fused-ring (bicyclic) bond motifs is 3. The summed E-state index contributed by atoms with van der Waals surface area (Å²) in [6.45, 7) is 9.01. The zero-order valence-electron chi connectivity index (χ0n) is 20.1. The SMILES string of the molecule is CCCc1ccc2c(oc3nc(-c4ccccc4)ccc32)c1-c1cc(C(C)(C)C)cc[n+]1C. The van der Waals surface area contributed by atoms with E-state index in [0.717, 1.165) is 40.5 Å². The van der Waals surface area contributed by atoms with Crippen molar-refractivity contribution >= 4 is 22.1 Å². The quantitative estimate of drug-likeness (QED) is 0.275. The Morgan fingerprint density at radius 3 is 2.39 bits per heavy atom. The van der Waals surface area contributed by atoms with E-state index in [2.05, 4.69) is 94.0 Å². The van der Waals surface area contributed by atoms with Crippen LogP contribution in [0.2, 0.25) is 0 Å². The molecule has 0 spiro atoms. The fourth-order valence-electron chi connectivity index (χ4n) is 4.57. The Labute approximate surface area is 195 Å². The van der Waals surface area contributed by atoms with Gasteiger partial charge in [-0.2, -0.15) is 0 Å². The van der Waals surface area contributed by atoms with Crippen LogP contribution in [0.25, 0.3) is 44.6 Å². The van der Waals surface area contributed by atoms with Crippen molar-refractivity contribution in [1.29, 1.82) is 0 Å². The first-order chi connectivity index (χ1) is 15.9. The van der Waals surface area contributed by atoms with E-state index in [1.54, 1.807) is 0 Å². The highest BCUT2D eigenvalue weighted by atomic mass is 16.3. The molecular formula is C30H31N2O+. The maximum atomic E-state index is 6.54. The van der Waals surface area contributed by atoms with E-state index in [-0.39, 0.29) is 5.41 Å². The molecule has 3 heterocycles. The Morgan fingerprint density at radius 1 is 0.909 bits per heavy atom. The average Bonchev–Trinajstić information content (AvgIpc) is 3.17. The Balaban J connectivity index is 1.79. The molecule has 2 aromatic carbocycles. The number of aryl methyl sites for hydroxylation is 2. The Hall–Kier alpha value is -3.46. The van der Waals surface area contributed by atoms with Crippen LogP contribution in [-0.2, 0) is 18.9 Å². The number of nitrogens with zero attached hydrogens (tertiary/aromatic N) is 2. The summed E-state index contributed by atoms with van der Waals surface area (Å²) in [6.07, 6.45) is 4.25. The van der Waals surface area contributed by atoms with Crippen molar-refractivity contribution in [3.63, 3.8) is 0 Å². The van der Waals surface area contributed by atoms with Gasteiger partial charge in [-0.3, -0.25) is 0 Å². The minimum Gasteiger partial charge on any atom is -0.437 e. The molecule has 0 saturated carbocycles. The van der Waals surface area contributed by atoms with Gasteiger partial charge in [0.05, 0.1) is 11.3 Å². The molecule has 3 aromatic heterocycles. The summed E-state index contributed by atoms with van der Waals surface area (Å²) in [6, 6.07) is 23.5. The first-order valence-corrected chi connectivity index (χ1v) is 11.8. The molecular weight excluding hydrogens is 404 g/mol. The second-order valence-electron chi connectivity index (χ2n) is 9.91. The fraction of sp³-hybridized carbons (Fsp3) is 0.267. The smallest absolute Gasteiger partial charge is 0.227 e. The predicted molar refractivity (Wildman–Crippen MR) is 136 cm³/mol. The van der Waals surface area contributed by atoms with Crippen LogP contribution in [-0.4, -0.2) is 4.98 Å². The summed E-state index contributed by atoms with van der Waals surface area (Å²) in [4.78, 5) is 4.90. The number of benzene rings is 2. The van der Waals surface area contributed by atoms with Gasteiger partial charge in [0.1, 0.15) is 7.05 Å². The zero-order valence-corrected chi connectivity index (χ0v) is 20.1. The molecule has 5 aromatic rings. The molecule has 0 saturated heterocycles. The molecule has 3 heteroatoms. The number of pyridine rings is 2. The van der Waals surface area contributed by atoms with Gasteiger partial charge in [0.25, 0.3) is 0 Å². The lowest BCUT2D eigenvalue weighted by Crippen LogP contribution is -2.32. The van der Waals surface area contributed by atoms with Gasteiger partial charge in [0.2, 0.25) is 11.4 Å². The van der Waals surface area contributed by atoms with Crippen molar-refractivity contribution in [2.45, 2.75) is 46.0 Å². The van der Waals surface area contributed by atoms with Crippen LogP contribution >= 0.6 is 0 Å². The standard InChI is InChI=1S/C30H31N2O/c1-6-10-21-13-14-23-24-15-16-25(20-11-8-7-9-12-20)31-29(24)33-28(23)27(21)26-19-22(30(2,3)4)17-18-32(26)5/h7-9,11-19H,6,10H2,1-5H3/q+1. The van der Waals surface area contributed by atoms with Gasteiger partial charge < -0.3 is 4.42 Å². The van der Waals surface area contributed by atoms with Crippen molar-refractivity contribution in [3.8, 4) is 22.5 Å². The lowest BCUT2D eigenvalue weighted by atomic mass is 9.86. The lowest BCUT2D eigenvalue weighted by Gasteiger charge is -2.19. The summed E-state index contributed by atoms with van der Waals surface area (Å²) in [5.41, 5.74) is 8.70. The van der Waals surface area contributed by atoms with Crippen LogP contribution < -0.4 is 4.57 Å². The lowest BCUT2D eigenvalue weighted by molar-refractivity contribution is -0.660. The zero-order chi connectivity index (χ0) is 23.2. The molecule has 0 N–H and O–H groups in total. The number of hydrogen-bond acceptors (Lipinski definition) is 2. The Bertz CT molecular complexity index is 1460. The van der Waals surface area contributed by atoms with E-state index < -0.39 is 0 Å². The second kappa shape index (κ2) is 8.15. The largest absolute Gasteiger partial charge is 0.437 e. The third-order valence-corrected chi connectivity index (χ3v) is 6.45. The fourth-order valence-corrected chi connectivity index (χ4v) is 4.57. The number of rotatable bonds is 4. The maximum absolute atomic E-state index is 6.54. The van der Waals surface area contributed by atoms with Crippen LogP contribution in [0.3, 0.4) is 0 Å². The molecule has 0 fully saturated rings. The van der Waals surface area contributed by atoms with Crippen molar-refractivity contribution in [2.75, 3.05) is 0 Å². The predicted octanol–water partition coefficient (Wildman–Crippen LogP) is 7.39. The molecule has 0 unspecified atom stereocenters. The summed E-state index contributed by atoms with van der Waals surface area (Å²) in [5, 5.41) is 2.18. The molecule has 0 aliphatic rings. The van der Waals surface area contributed by atoms with Crippen molar-refractivity contribution in [2.24, 2.45) is 7.05 Å². The van der Waals surface area contributed by atoms with Gasteiger partial charge in [-0.05, 0) is 35.1 Å². The van der Waals surface area contributed by atoms with Crippen molar-refractivity contribution < 1.29 is 8.98 Å². The topological polar surface area (TPSA) is 29.9 Å². The van der Waals surface area contributed by atoms with Crippen LogP contribution in [0.15, 0.2) is 77.3 Å². The Morgan fingerprint density at radius 2 is 1.67 bits per heavy atom. The number of hydrogen-bond donors (Lipinski definition) is 0. The van der Waals surface area contributed by atoms with E-state index in [4.69, 9.17) is 9.40 Å². The highest BCUT2D eigenvalue weighted by Crippen LogP contribution is 2.38. The van der Waals surface area contributed by atoms with Gasteiger partial charge in [-0.25, -0.2) is 9.55 Å². The molecule has 0 bridgehead atoms. The first-order valence-electron chi connectivity index (χ1n) is 11.8. The van der Waals surface area contributed by atoms with Crippen LogP contribution in [0.4, 0.5) is 0 Å². The molecule has 5 rings (SSSR count). The first kappa shape index (κ1) is 21.4. The maximum Gasteiger partial charge on any atom is 0.227 e. The van der Waals surface area contributed by atoms with Gasteiger partial charge in [-0.15, -0.1) is 0 Å². The van der Waals surface area contributed by atoms with Gasteiger partial charge >= 0.3 is 0 Å². The molecule has 0 amide bonds. The monoisotopic (exact) mass is 435 g/mol. The van der Waals surface area contributed by atoms with Gasteiger partial charge in [-0.1, -0.05) is 76.6 Å². The van der Waals surface area contributed by atoms with Gasteiger partial charge in [0, 0.05) is 28.5 Å². The number of aromatic nitrogens is 2. The summed E-state index contributed by atoms with van der Waals surface area (Å²) in [7, 11) is 2.12. The molecule has 0 aliphatic carbocycles. The average molecular weight is 436 g/mol. The summed E-state index contributed by atoms with van der Waals surface area (Å²) < 4.78 is 8.75. The summed E-state index contributed by atoms with van der Waals surface area (Å²) in [5.74, 6) is 0. The Kier molecular flexibility index (Phi) is 5.28. The third kappa shape index (κ3) is 3.82. The van der Waals surface area contributed by atoms with Crippen LogP contribution in [0.5, 0.6) is 0 Å². The van der Waals surface area contributed by atoms with Crippen molar-refractivity contribution in [1.82, 2.24) is 4.98 Å². The minimum atomic E-state index is 0.0713. The second-order valence-corrected chi connectivity index (χ2v) is 9.91. The normalized spacial score (nSPS) is 12.0. The van der Waals surface area contributed by atoms with Crippen LogP contribution in [0, 0.1) is 0 Å². The summed E-state index contributed by atoms with van der Waals surface area (Å²) >= 11 is 0. The van der Waals surface area contributed by atoms with Crippen LogP contribution in [0.1, 0.15) is 45.2 Å². The minimum absolute atomic E-state index is 0.0713. The number of furan rings is 1. The van der Waals surface area contributed by atoms with E-state index in [1.165, 1.54) is 22.4 Å². The molecule has 0 radical (unpaired) electrons. The molecule has 166 valence electrons. The molecule has 0 atom stereocenters. The molecule has 0 aliphatic heterocycles. The highest BCUT2D eigenvalue weighted by molar-refractivity contribution is 6.09. The van der Waals surface area contributed by atoms with Crippen molar-refractivity contribution in [3.05, 3.63) is 84.1 Å². The van der Waals surface area contributed by atoms with E-state index in [1.807, 2.05) is 18.2 Å². The third-order valence-electron chi connectivity index (χ3n) is 6.45. The van der Waals surface area contributed by atoms with Gasteiger partial charge in [0.15, 0.2) is 11.8 Å². The van der Waals surface area contributed by atoms with E-state index >= 15 is 0 Å². The van der Waals surface area contributed by atoms with E-state index in [9.17, 15) is 0 Å². The molecule has 33 heavy (non-hydrogen) atoms.